The van der Waals surface area contributed by atoms with E-state index < -0.39 is 26.6 Å². The Hall–Kier alpha value is -2.85. The monoisotopic (exact) mass is 448 g/mol. The summed E-state index contributed by atoms with van der Waals surface area (Å²) in [6.45, 7) is 1.33. The Morgan fingerprint density at radius 3 is 2.55 bits per heavy atom. The van der Waals surface area contributed by atoms with Crippen molar-refractivity contribution in [1.29, 1.82) is 0 Å². The van der Waals surface area contributed by atoms with Gasteiger partial charge in [-0.05, 0) is 49.2 Å². The number of rotatable bonds is 5. The van der Waals surface area contributed by atoms with Crippen molar-refractivity contribution in [3.8, 4) is 0 Å². The fourth-order valence-electron chi connectivity index (χ4n) is 3.75. The van der Waals surface area contributed by atoms with Gasteiger partial charge < -0.3 is 9.47 Å². The molecule has 164 valence electrons. The van der Waals surface area contributed by atoms with Crippen LogP contribution in [0.15, 0.2) is 41.3 Å². The second-order valence-electron chi connectivity index (χ2n) is 7.63. The van der Waals surface area contributed by atoms with Gasteiger partial charge in [0.1, 0.15) is 22.4 Å². The second-order valence-corrected chi connectivity index (χ2v) is 9.64. The smallest absolute Gasteiger partial charge is 0.253 e. The molecule has 2 heterocycles. The van der Waals surface area contributed by atoms with Crippen molar-refractivity contribution < 1.29 is 22.0 Å². The molecule has 1 fully saturated rings. The average Bonchev–Trinajstić information content (AvgIpc) is 3.38. The molecule has 1 aliphatic rings. The summed E-state index contributed by atoms with van der Waals surface area (Å²) < 4.78 is 55.7. The highest BCUT2D eigenvalue weighted by atomic mass is 32.2. The Morgan fingerprint density at radius 1 is 1.13 bits per heavy atom. The topological polar surface area (TPSA) is 75.5 Å². The Kier molecular flexibility index (Phi) is 5.52. The van der Waals surface area contributed by atoms with Gasteiger partial charge in [-0.2, -0.15) is 4.31 Å². The molecule has 0 atom stereocenters. The molecule has 4 rings (SSSR count). The molecule has 2 aromatic carbocycles. The molecule has 31 heavy (non-hydrogen) atoms. The van der Waals surface area contributed by atoms with Crippen molar-refractivity contribution >= 4 is 27.0 Å². The number of sulfonamides is 1. The molecule has 0 unspecified atom stereocenters. The van der Waals surface area contributed by atoms with Crippen molar-refractivity contribution in [1.82, 2.24) is 18.8 Å². The Balaban J connectivity index is 1.62. The van der Waals surface area contributed by atoms with Gasteiger partial charge in [0.15, 0.2) is 0 Å². The number of aryl methyl sites for hydroxylation is 1. The number of carbonyl (C=O) groups excluding carboxylic acids is 1. The molecule has 0 radical (unpaired) electrons. The summed E-state index contributed by atoms with van der Waals surface area (Å²) in [5.74, 6) is -1.51. The summed E-state index contributed by atoms with van der Waals surface area (Å²) in [6, 6.07) is 7.50. The van der Waals surface area contributed by atoms with E-state index >= 15 is 0 Å². The molecule has 0 saturated carbocycles. The highest BCUT2D eigenvalue weighted by Gasteiger charge is 2.27. The van der Waals surface area contributed by atoms with Crippen molar-refractivity contribution in [2.24, 2.45) is 7.05 Å². The van der Waals surface area contributed by atoms with E-state index in [0.717, 1.165) is 47.9 Å². The van der Waals surface area contributed by atoms with Crippen LogP contribution < -0.4 is 0 Å². The van der Waals surface area contributed by atoms with Crippen LogP contribution in [0.3, 0.4) is 0 Å². The lowest BCUT2D eigenvalue weighted by Crippen LogP contribution is -2.28. The maximum Gasteiger partial charge on any atom is 0.253 e. The number of halogens is 2. The first kappa shape index (κ1) is 21.4. The van der Waals surface area contributed by atoms with E-state index in [2.05, 4.69) is 4.98 Å². The zero-order valence-corrected chi connectivity index (χ0v) is 18.0. The molecule has 1 aromatic heterocycles. The Bertz CT molecular complexity index is 1270. The number of nitrogens with zero attached hydrogens (tertiary/aromatic N) is 4. The first-order chi connectivity index (χ1) is 14.7. The summed E-state index contributed by atoms with van der Waals surface area (Å²) in [6.07, 6.45) is 1.99. The van der Waals surface area contributed by atoms with Crippen LogP contribution in [-0.2, 0) is 23.6 Å². The maximum atomic E-state index is 14.0. The summed E-state index contributed by atoms with van der Waals surface area (Å²) >= 11 is 0. The van der Waals surface area contributed by atoms with Gasteiger partial charge in [-0.1, -0.05) is 0 Å². The third kappa shape index (κ3) is 3.92. The summed E-state index contributed by atoms with van der Waals surface area (Å²) in [5, 5.41) is 0. The van der Waals surface area contributed by atoms with Crippen molar-refractivity contribution in [3.63, 3.8) is 0 Å². The molecule has 7 nitrogen and oxygen atoms in total. The summed E-state index contributed by atoms with van der Waals surface area (Å²) in [4.78, 5) is 18.2. The van der Waals surface area contributed by atoms with Gasteiger partial charge in [0.25, 0.3) is 5.91 Å². The minimum absolute atomic E-state index is 0.0483. The van der Waals surface area contributed by atoms with Gasteiger partial charge in [0.2, 0.25) is 10.0 Å². The number of hydrogen-bond acceptors (Lipinski definition) is 4. The third-order valence-corrected chi connectivity index (χ3v) is 7.38. The van der Waals surface area contributed by atoms with Crippen LogP contribution in [-0.4, -0.2) is 53.2 Å². The zero-order chi connectivity index (χ0) is 22.3. The zero-order valence-electron chi connectivity index (χ0n) is 17.2. The van der Waals surface area contributed by atoms with Crippen LogP contribution in [0, 0.1) is 11.6 Å². The minimum Gasteiger partial charge on any atom is -0.339 e. The molecule has 1 saturated heterocycles. The number of benzene rings is 2. The van der Waals surface area contributed by atoms with E-state index in [0.29, 0.717) is 23.0 Å². The number of aromatic nitrogens is 2. The normalized spacial score (nSPS) is 14.7. The lowest BCUT2D eigenvalue weighted by atomic mass is 10.2. The van der Waals surface area contributed by atoms with Crippen LogP contribution in [0.2, 0.25) is 0 Å². The van der Waals surface area contributed by atoms with E-state index in [1.54, 1.807) is 34.7 Å². The van der Waals surface area contributed by atoms with Crippen LogP contribution in [0.25, 0.3) is 11.0 Å². The van der Waals surface area contributed by atoms with E-state index in [1.165, 1.54) is 7.05 Å². The first-order valence-corrected chi connectivity index (χ1v) is 11.3. The van der Waals surface area contributed by atoms with Crippen LogP contribution in [0.1, 0.15) is 29.0 Å². The first-order valence-electron chi connectivity index (χ1n) is 9.84. The molecule has 1 aliphatic heterocycles. The molecule has 3 aromatic rings. The van der Waals surface area contributed by atoms with Crippen molar-refractivity contribution in [2.45, 2.75) is 24.3 Å². The molecule has 0 aliphatic carbocycles. The van der Waals surface area contributed by atoms with Gasteiger partial charge in [0, 0.05) is 32.7 Å². The molecular formula is C21H22F2N4O3S. The Morgan fingerprint density at radius 2 is 1.84 bits per heavy atom. The summed E-state index contributed by atoms with van der Waals surface area (Å²) in [7, 11) is -1.26. The van der Waals surface area contributed by atoms with Gasteiger partial charge in [-0.3, -0.25) is 4.79 Å². The molecule has 0 spiro atoms. The van der Waals surface area contributed by atoms with E-state index in [-0.39, 0.29) is 12.5 Å². The predicted molar refractivity (Wildman–Crippen MR) is 111 cm³/mol. The number of fused-ring (bicyclic) bond motifs is 1. The van der Waals surface area contributed by atoms with Gasteiger partial charge >= 0.3 is 0 Å². The van der Waals surface area contributed by atoms with E-state index in [9.17, 15) is 22.0 Å². The molecule has 1 amide bonds. The maximum absolute atomic E-state index is 14.0. The number of carbonyl (C=O) groups is 1. The largest absolute Gasteiger partial charge is 0.339 e. The molecule has 10 heteroatoms. The van der Waals surface area contributed by atoms with E-state index in [4.69, 9.17) is 0 Å². The summed E-state index contributed by atoms with van der Waals surface area (Å²) in [5.41, 5.74) is 1.82. The van der Waals surface area contributed by atoms with Crippen molar-refractivity contribution in [2.75, 3.05) is 20.1 Å². The van der Waals surface area contributed by atoms with Gasteiger partial charge in [-0.15, -0.1) is 0 Å². The van der Waals surface area contributed by atoms with Gasteiger partial charge in [-0.25, -0.2) is 22.2 Å². The predicted octanol–water partition coefficient (Wildman–Crippen LogP) is 2.91. The highest BCUT2D eigenvalue weighted by molar-refractivity contribution is 7.89. The fourth-order valence-corrected chi connectivity index (χ4v) is 4.95. The highest BCUT2D eigenvalue weighted by Crippen LogP contribution is 2.23. The quantitative estimate of drug-likeness (QED) is 0.602. The Labute approximate surface area is 178 Å². The van der Waals surface area contributed by atoms with E-state index in [1.807, 2.05) is 0 Å². The van der Waals surface area contributed by atoms with Gasteiger partial charge in [0.05, 0.1) is 17.6 Å². The SMILES string of the molecule is CN(Cc1nc2cc(C(=O)N3CCCC3)ccc2n1C)S(=O)(=O)c1cc(F)ccc1F. The number of hydrogen-bond donors (Lipinski definition) is 0. The lowest BCUT2D eigenvalue weighted by molar-refractivity contribution is 0.0793. The molecule has 0 N–H and O–H groups in total. The standard InChI is InChI=1S/C21H22F2N4O3S/c1-25(31(29,30)19-12-15(22)6-7-16(19)23)13-20-24-17-11-14(5-8-18(17)26(20)2)21(28)27-9-3-4-10-27/h5-8,11-12H,3-4,9-10,13H2,1-2H3. The van der Waals surface area contributed by atoms with Crippen LogP contribution in [0.4, 0.5) is 8.78 Å². The van der Waals surface area contributed by atoms with Crippen LogP contribution in [0.5, 0.6) is 0 Å². The fraction of sp³-hybridized carbons (Fsp3) is 0.333. The molecular weight excluding hydrogens is 426 g/mol. The lowest BCUT2D eigenvalue weighted by Gasteiger charge is -2.17. The molecule has 0 bridgehead atoms. The number of likely N-dealkylation sites (tertiary alicyclic amines) is 1. The number of amides is 1. The minimum atomic E-state index is -4.27. The average molecular weight is 448 g/mol. The van der Waals surface area contributed by atoms with Crippen LogP contribution >= 0.6 is 0 Å². The second kappa shape index (κ2) is 8.01. The third-order valence-electron chi connectivity index (χ3n) is 5.56. The van der Waals surface area contributed by atoms with Crippen molar-refractivity contribution in [3.05, 3.63) is 59.4 Å². The number of imidazole rings is 1.